The van der Waals surface area contributed by atoms with E-state index < -0.39 is 0 Å². The number of amides is 1. The first-order chi connectivity index (χ1) is 11.2. The third kappa shape index (κ3) is 6.14. The van der Waals surface area contributed by atoms with Crippen LogP contribution in [-0.4, -0.2) is 44.0 Å². The minimum atomic E-state index is 0. The van der Waals surface area contributed by atoms with E-state index in [2.05, 4.69) is 46.8 Å². The predicted molar refractivity (Wildman–Crippen MR) is 108 cm³/mol. The molecule has 1 heterocycles. The van der Waals surface area contributed by atoms with Crippen LogP contribution in [0.2, 0.25) is 0 Å². The molecule has 0 radical (unpaired) electrons. The molecule has 1 aromatic rings. The highest BCUT2D eigenvalue weighted by molar-refractivity contribution is 5.85. The van der Waals surface area contributed by atoms with Crippen molar-refractivity contribution < 1.29 is 4.79 Å². The third-order valence-corrected chi connectivity index (χ3v) is 5.42. The number of hydrogen-bond acceptors (Lipinski definition) is 3. The normalized spacial score (nSPS) is 20.5. The monoisotopic (exact) mass is 387 g/mol. The van der Waals surface area contributed by atoms with Crippen LogP contribution in [0.1, 0.15) is 31.2 Å². The molecule has 2 aliphatic rings. The van der Waals surface area contributed by atoms with E-state index in [-0.39, 0.29) is 36.6 Å². The number of halogens is 2. The molecular formula is C19H31Cl2N3O. The summed E-state index contributed by atoms with van der Waals surface area (Å²) in [6.07, 6.45) is 4.46. The Hall–Kier alpha value is -0.810. The predicted octanol–water partition coefficient (Wildman–Crippen LogP) is 2.86. The van der Waals surface area contributed by atoms with Crippen molar-refractivity contribution in [2.75, 3.05) is 33.2 Å². The lowest BCUT2D eigenvalue weighted by Crippen LogP contribution is -2.34. The minimum Gasteiger partial charge on any atom is -0.356 e. The van der Waals surface area contributed by atoms with Gasteiger partial charge in [0, 0.05) is 19.0 Å². The lowest BCUT2D eigenvalue weighted by Gasteiger charge is -2.23. The van der Waals surface area contributed by atoms with Crippen LogP contribution >= 0.6 is 24.8 Å². The number of nitrogens with one attached hydrogen (secondary N) is 2. The van der Waals surface area contributed by atoms with Gasteiger partial charge in [-0.15, -0.1) is 24.8 Å². The maximum Gasteiger partial charge on any atom is 0.223 e. The molecule has 1 amide bonds. The summed E-state index contributed by atoms with van der Waals surface area (Å²) in [5, 5.41) is 6.54. The van der Waals surface area contributed by atoms with Gasteiger partial charge in [-0.3, -0.25) is 4.79 Å². The molecule has 1 aliphatic heterocycles. The van der Waals surface area contributed by atoms with Crippen LogP contribution in [0.4, 0.5) is 0 Å². The van der Waals surface area contributed by atoms with Gasteiger partial charge in [0.1, 0.15) is 0 Å². The van der Waals surface area contributed by atoms with Crippen LogP contribution < -0.4 is 10.6 Å². The van der Waals surface area contributed by atoms with E-state index in [1.165, 1.54) is 18.4 Å². The fourth-order valence-corrected chi connectivity index (χ4v) is 3.85. The smallest absolute Gasteiger partial charge is 0.223 e. The molecule has 1 saturated carbocycles. The van der Waals surface area contributed by atoms with E-state index in [0.29, 0.717) is 5.41 Å². The van der Waals surface area contributed by atoms with Crippen LogP contribution in [0.5, 0.6) is 0 Å². The lowest BCUT2D eigenvalue weighted by atomic mass is 9.92. The Bertz CT molecular complexity index is 521. The molecule has 0 bridgehead atoms. The molecule has 25 heavy (non-hydrogen) atoms. The number of benzene rings is 1. The highest BCUT2D eigenvalue weighted by Gasteiger charge is 2.57. The summed E-state index contributed by atoms with van der Waals surface area (Å²) in [5.74, 6) is 0.573. The molecule has 1 spiro atoms. The number of carbonyl (C=O) groups excluding carboxylic acids is 1. The van der Waals surface area contributed by atoms with E-state index in [1.807, 2.05) is 6.07 Å². The highest BCUT2D eigenvalue weighted by atomic mass is 35.5. The fourth-order valence-electron chi connectivity index (χ4n) is 3.85. The molecule has 2 N–H and O–H groups in total. The standard InChI is InChI=1S/C19H29N3O.2ClH/c1-22(15-16-6-3-2-4-7-16)13-5-10-21-18(23)17-14-19(17)8-11-20-12-9-19;;/h2-4,6-7,17,20H,5,8-15H2,1H3,(H,21,23);2*1H. The van der Waals surface area contributed by atoms with Gasteiger partial charge < -0.3 is 15.5 Å². The number of nitrogens with zero attached hydrogens (tertiary/aromatic N) is 1. The maximum atomic E-state index is 12.3. The lowest BCUT2D eigenvalue weighted by molar-refractivity contribution is -0.123. The van der Waals surface area contributed by atoms with E-state index in [9.17, 15) is 4.79 Å². The van der Waals surface area contributed by atoms with Crippen LogP contribution in [-0.2, 0) is 11.3 Å². The Balaban J connectivity index is 0.00000156. The average Bonchev–Trinajstić information content (AvgIpc) is 3.26. The van der Waals surface area contributed by atoms with E-state index in [0.717, 1.165) is 45.6 Å². The number of hydrogen-bond donors (Lipinski definition) is 2. The zero-order chi connectivity index (χ0) is 16.1. The van der Waals surface area contributed by atoms with Crippen LogP contribution in [0.25, 0.3) is 0 Å². The van der Waals surface area contributed by atoms with Crippen molar-refractivity contribution in [2.45, 2.75) is 32.2 Å². The summed E-state index contributed by atoms with van der Waals surface area (Å²) in [7, 11) is 2.14. The Labute approximate surface area is 163 Å². The summed E-state index contributed by atoms with van der Waals surface area (Å²) in [6.45, 7) is 4.92. The topological polar surface area (TPSA) is 44.4 Å². The molecule has 142 valence electrons. The largest absolute Gasteiger partial charge is 0.356 e. The zero-order valence-corrected chi connectivity index (χ0v) is 16.6. The second-order valence-electron chi connectivity index (χ2n) is 7.24. The van der Waals surface area contributed by atoms with Gasteiger partial charge in [-0.05, 0) is 63.3 Å². The first kappa shape index (κ1) is 22.2. The van der Waals surface area contributed by atoms with Gasteiger partial charge in [0.15, 0.2) is 0 Å². The van der Waals surface area contributed by atoms with E-state index >= 15 is 0 Å². The molecule has 3 rings (SSSR count). The molecule has 2 fully saturated rings. The zero-order valence-electron chi connectivity index (χ0n) is 15.0. The summed E-state index contributed by atoms with van der Waals surface area (Å²) >= 11 is 0. The van der Waals surface area contributed by atoms with E-state index in [1.54, 1.807) is 0 Å². The molecule has 1 aromatic carbocycles. The highest BCUT2D eigenvalue weighted by Crippen LogP contribution is 2.58. The van der Waals surface area contributed by atoms with Gasteiger partial charge >= 0.3 is 0 Å². The van der Waals surface area contributed by atoms with Gasteiger partial charge in [-0.25, -0.2) is 0 Å². The molecule has 1 saturated heterocycles. The van der Waals surface area contributed by atoms with Crippen molar-refractivity contribution in [1.29, 1.82) is 0 Å². The quantitative estimate of drug-likeness (QED) is 0.706. The Morgan fingerprint density at radius 1 is 1.24 bits per heavy atom. The summed E-state index contributed by atoms with van der Waals surface area (Å²) < 4.78 is 0. The maximum absolute atomic E-state index is 12.3. The fraction of sp³-hybridized carbons (Fsp3) is 0.632. The van der Waals surface area contributed by atoms with Crippen molar-refractivity contribution >= 4 is 30.7 Å². The van der Waals surface area contributed by atoms with Crippen LogP contribution in [0, 0.1) is 11.3 Å². The molecule has 0 aromatic heterocycles. The molecule has 1 atom stereocenters. The molecule has 4 nitrogen and oxygen atoms in total. The van der Waals surface area contributed by atoms with Gasteiger partial charge in [0.25, 0.3) is 0 Å². The second kappa shape index (κ2) is 10.4. The Morgan fingerprint density at radius 2 is 1.92 bits per heavy atom. The summed E-state index contributed by atoms with van der Waals surface area (Å²) in [5.41, 5.74) is 1.68. The SMILES string of the molecule is CN(CCCNC(=O)C1CC12CCNCC2)Cc1ccccc1.Cl.Cl. The van der Waals surface area contributed by atoms with Gasteiger partial charge in [-0.2, -0.15) is 0 Å². The van der Waals surface area contributed by atoms with Crippen molar-refractivity contribution in [3.8, 4) is 0 Å². The number of carbonyl (C=O) groups is 1. The van der Waals surface area contributed by atoms with Gasteiger partial charge in [0.2, 0.25) is 5.91 Å². The molecule has 1 aliphatic carbocycles. The van der Waals surface area contributed by atoms with Crippen molar-refractivity contribution in [2.24, 2.45) is 11.3 Å². The van der Waals surface area contributed by atoms with Crippen molar-refractivity contribution in [3.05, 3.63) is 35.9 Å². The first-order valence-electron chi connectivity index (χ1n) is 8.90. The Morgan fingerprint density at radius 3 is 2.60 bits per heavy atom. The Kier molecular flexibility index (Phi) is 9.22. The average molecular weight is 388 g/mol. The third-order valence-electron chi connectivity index (χ3n) is 5.42. The minimum absolute atomic E-state index is 0. The molecule has 1 unspecified atom stereocenters. The van der Waals surface area contributed by atoms with Crippen molar-refractivity contribution in [1.82, 2.24) is 15.5 Å². The number of rotatable bonds is 7. The van der Waals surface area contributed by atoms with E-state index in [4.69, 9.17) is 0 Å². The van der Waals surface area contributed by atoms with Crippen molar-refractivity contribution in [3.63, 3.8) is 0 Å². The second-order valence-corrected chi connectivity index (χ2v) is 7.24. The molecular weight excluding hydrogens is 357 g/mol. The summed E-state index contributed by atoms with van der Waals surface area (Å²) in [6, 6.07) is 10.5. The first-order valence-corrected chi connectivity index (χ1v) is 8.90. The number of piperidine rings is 1. The van der Waals surface area contributed by atoms with Crippen LogP contribution in [0.15, 0.2) is 30.3 Å². The van der Waals surface area contributed by atoms with Crippen LogP contribution in [0.3, 0.4) is 0 Å². The molecule has 6 heteroatoms. The van der Waals surface area contributed by atoms with Gasteiger partial charge in [0.05, 0.1) is 0 Å². The summed E-state index contributed by atoms with van der Waals surface area (Å²) in [4.78, 5) is 14.6. The van der Waals surface area contributed by atoms with Gasteiger partial charge in [-0.1, -0.05) is 30.3 Å².